The predicted octanol–water partition coefficient (Wildman–Crippen LogP) is 4.86. The van der Waals surface area contributed by atoms with Gasteiger partial charge in [-0.1, -0.05) is 43.3 Å². The zero-order valence-corrected chi connectivity index (χ0v) is 18.4. The minimum absolute atomic E-state index is 0.00236. The summed E-state index contributed by atoms with van der Waals surface area (Å²) >= 11 is 0. The highest BCUT2D eigenvalue weighted by molar-refractivity contribution is 7.89. The molecule has 0 saturated heterocycles. The lowest BCUT2D eigenvalue weighted by Gasteiger charge is -2.21. The molecule has 0 radical (unpaired) electrons. The molecule has 0 aromatic heterocycles. The van der Waals surface area contributed by atoms with Gasteiger partial charge in [0.15, 0.2) is 0 Å². The molecule has 31 heavy (non-hydrogen) atoms. The Hall–Kier alpha value is -3.03. The van der Waals surface area contributed by atoms with E-state index in [4.69, 9.17) is 0 Å². The molecular formula is C24H25FN2O3S. The van der Waals surface area contributed by atoms with E-state index in [0.29, 0.717) is 11.3 Å². The lowest BCUT2D eigenvalue weighted by Crippen LogP contribution is -2.36. The number of halogens is 1. The van der Waals surface area contributed by atoms with Gasteiger partial charge < -0.3 is 5.32 Å². The van der Waals surface area contributed by atoms with Crippen LogP contribution in [0, 0.1) is 12.7 Å². The highest BCUT2D eigenvalue weighted by Crippen LogP contribution is 2.21. The predicted molar refractivity (Wildman–Crippen MR) is 120 cm³/mol. The van der Waals surface area contributed by atoms with Crippen LogP contribution in [0.15, 0.2) is 77.7 Å². The second kappa shape index (κ2) is 9.41. The van der Waals surface area contributed by atoms with Crippen molar-refractivity contribution in [2.75, 3.05) is 5.32 Å². The quantitative estimate of drug-likeness (QED) is 0.551. The molecule has 3 rings (SSSR count). The summed E-state index contributed by atoms with van der Waals surface area (Å²) in [5.41, 5.74) is 2.05. The Balaban J connectivity index is 1.76. The number of carbonyl (C=O) groups excluding carboxylic acids is 1. The van der Waals surface area contributed by atoms with E-state index in [2.05, 4.69) is 10.0 Å². The first-order valence-corrected chi connectivity index (χ1v) is 11.4. The summed E-state index contributed by atoms with van der Waals surface area (Å²) in [6, 6.07) is 19.4. The van der Waals surface area contributed by atoms with Crippen LogP contribution in [0.3, 0.4) is 0 Å². The van der Waals surface area contributed by atoms with Gasteiger partial charge in [-0.15, -0.1) is 0 Å². The van der Waals surface area contributed by atoms with Crippen LogP contribution in [0.4, 0.5) is 10.1 Å². The minimum Gasteiger partial charge on any atom is -0.322 e. The van der Waals surface area contributed by atoms with E-state index in [1.54, 1.807) is 6.92 Å². The van der Waals surface area contributed by atoms with Crippen molar-refractivity contribution in [1.29, 1.82) is 0 Å². The number of nitrogens with one attached hydrogen (secondary N) is 2. The highest BCUT2D eigenvalue weighted by Gasteiger charge is 2.23. The second-order valence-electron chi connectivity index (χ2n) is 7.56. The van der Waals surface area contributed by atoms with Gasteiger partial charge in [-0.05, 0) is 67.3 Å². The summed E-state index contributed by atoms with van der Waals surface area (Å²) < 4.78 is 41.9. The molecule has 0 fully saturated rings. The van der Waals surface area contributed by atoms with E-state index >= 15 is 0 Å². The van der Waals surface area contributed by atoms with E-state index in [-0.39, 0.29) is 28.2 Å². The fraction of sp³-hybridized carbons (Fsp3) is 0.208. The van der Waals surface area contributed by atoms with Gasteiger partial charge in [0.2, 0.25) is 10.0 Å². The van der Waals surface area contributed by atoms with E-state index in [1.807, 2.05) is 44.2 Å². The number of hydrogen-bond acceptors (Lipinski definition) is 3. The van der Waals surface area contributed by atoms with Gasteiger partial charge in [-0.3, -0.25) is 4.79 Å². The molecule has 3 aromatic rings. The number of benzene rings is 3. The van der Waals surface area contributed by atoms with Crippen LogP contribution in [0.1, 0.15) is 41.3 Å². The highest BCUT2D eigenvalue weighted by atomic mass is 32.2. The van der Waals surface area contributed by atoms with Crippen molar-refractivity contribution in [2.24, 2.45) is 0 Å². The Kier molecular flexibility index (Phi) is 6.87. The summed E-state index contributed by atoms with van der Waals surface area (Å²) in [6.07, 6.45) is 0. The largest absolute Gasteiger partial charge is 0.322 e. The molecule has 2 atom stereocenters. The number of rotatable bonds is 7. The molecule has 0 aliphatic heterocycles. The molecule has 1 amide bonds. The van der Waals surface area contributed by atoms with Crippen molar-refractivity contribution in [3.8, 4) is 0 Å². The van der Waals surface area contributed by atoms with Crippen LogP contribution in [0.2, 0.25) is 0 Å². The summed E-state index contributed by atoms with van der Waals surface area (Å²) in [7, 11) is -3.83. The molecule has 0 saturated carbocycles. The van der Waals surface area contributed by atoms with Crippen molar-refractivity contribution in [2.45, 2.75) is 37.6 Å². The van der Waals surface area contributed by atoms with Crippen LogP contribution in [-0.4, -0.2) is 20.4 Å². The molecule has 0 bridgehead atoms. The fourth-order valence-corrected chi connectivity index (χ4v) is 4.56. The van der Waals surface area contributed by atoms with Crippen molar-refractivity contribution in [3.05, 3.63) is 95.3 Å². The smallest absolute Gasteiger partial charge is 0.255 e. The molecular weight excluding hydrogens is 415 g/mol. The van der Waals surface area contributed by atoms with Crippen molar-refractivity contribution < 1.29 is 17.6 Å². The van der Waals surface area contributed by atoms with Crippen LogP contribution < -0.4 is 10.0 Å². The summed E-state index contributed by atoms with van der Waals surface area (Å²) in [6.45, 7) is 5.36. The number of aryl methyl sites for hydroxylation is 1. The molecule has 2 N–H and O–H groups in total. The minimum atomic E-state index is -3.83. The average molecular weight is 441 g/mol. The van der Waals surface area contributed by atoms with E-state index in [9.17, 15) is 17.6 Å². The maximum atomic E-state index is 13.4. The molecule has 3 aromatic carbocycles. The first-order valence-electron chi connectivity index (χ1n) is 9.92. The monoisotopic (exact) mass is 440 g/mol. The first-order chi connectivity index (χ1) is 14.7. The van der Waals surface area contributed by atoms with E-state index in [1.165, 1.54) is 42.5 Å². The number of sulfonamides is 1. The molecule has 7 heteroatoms. The lowest BCUT2D eigenvalue weighted by atomic mass is 9.95. The molecule has 2 unspecified atom stereocenters. The van der Waals surface area contributed by atoms with Crippen LogP contribution in [-0.2, 0) is 10.0 Å². The van der Waals surface area contributed by atoms with Crippen molar-refractivity contribution in [1.82, 2.24) is 4.72 Å². The summed E-state index contributed by atoms with van der Waals surface area (Å²) in [5.74, 6) is -0.881. The number of carbonyl (C=O) groups is 1. The van der Waals surface area contributed by atoms with Gasteiger partial charge in [0.25, 0.3) is 5.91 Å². The number of hydrogen-bond donors (Lipinski definition) is 2. The van der Waals surface area contributed by atoms with Gasteiger partial charge >= 0.3 is 0 Å². The summed E-state index contributed by atoms with van der Waals surface area (Å²) in [4.78, 5) is 12.6. The number of anilines is 1. The molecule has 0 heterocycles. The molecule has 0 aliphatic carbocycles. The Labute approximate surface area is 182 Å². The third-order valence-electron chi connectivity index (χ3n) is 5.24. The Morgan fingerprint density at radius 3 is 2.32 bits per heavy atom. The second-order valence-corrected chi connectivity index (χ2v) is 9.27. The molecule has 5 nitrogen and oxygen atoms in total. The first kappa shape index (κ1) is 22.7. The van der Waals surface area contributed by atoms with E-state index < -0.39 is 15.9 Å². The van der Waals surface area contributed by atoms with Gasteiger partial charge in [0.05, 0.1) is 4.90 Å². The van der Waals surface area contributed by atoms with Crippen LogP contribution >= 0.6 is 0 Å². The maximum absolute atomic E-state index is 13.4. The molecule has 0 spiro atoms. The zero-order chi connectivity index (χ0) is 22.6. The third-order valence-corrected chi connectivity index (χ3v) is 6.80. The third kappa shape index (κ3) is 5.57. The average Bonchev–Trinajstić information content (AvgIpc) is 2.76. The zero-order valence-electron chi connectivity index (χ0n) is 17.6. The van der Waals surface area contributed by atoms with Crippen molar-refractivity contribution >= 4 is 21.6 Å². The lowest BCUT2D eigenvalue weighted by molar-refractivity contribution is 0.102. The Morgan fingerprint density at radius 2 is 1.65 bits per heavy atom. The molecule has 162 valence electrons. The standard InChI is InChI=1S/C24H25FN2O3S/c1-16-14-21(12-13-23(16)25)26-24(28)20-10-7-11-22(15-20)31(29,30)27-18(3)17(2)19-8-5-4-6-9-19/h4-15,17-18,27H,1-3H3,(H,26,28). The topological polar surface area (TPSA) is 75.3 Å². The Bertz CT molecular complexity index is 1180. The van der Waals surface area contributed by atoms with Gasteiger partial charge in [-0.25, -0.2) is 17.5 Å². The normalized spacial score (nSPS) is 13.4. The summed E-state index contributed by atoms with van der Waals surface area (Å²) in [5, 5.41) is 2.66. The fourth-order valence-electron chi connectivity index (χ4n) is 3.19. The maximum Gasteiger partial charge on any atom is 0.255 e. The Morgan fingerprint density at radius 1 is 0.935 bits per heavy atom. The van der Waals surface area contributed by atoms with Crippen LogP contribution in [0.25, 0.3) is 0 Å². The van der Waals surface area contributed by atoms with Crippen LogP contribution in [0.5, 0.6) is 0 Å². The number of amides is 1. The molecule has 0 aliphatic rings. The van der Waals surface area contributed by atoms with Crippen molar-refractivity contribution in [3.63, 3.8) is 0 Å². The van der Waals surface area contributed by atoms with Gasteiger partial charge in [0, 0.05) is 17.3 Å². The SMILES string of the molecule is Cc1cc(NC(=O)c2cccc(S(=O)(=O)NC(C)C(C)c3ccccc3)c2)ccc1F. The van der Waals surface area contributed by atoms with Gasteiger partial charge in [-0.2, -0.15) is 0 Å². The van der Waals surface area contributed by atoms with Gasteiger partial charge in [0.1, 0.15) is 5.82 Å². The van der Waals surface area contributed by atoms with E-state index in [0.717, 1.165) is 5.56 Å².